The first kappa shape index (κ1) is 27.3. The summed E-state index contributed by atoms with van der Waals surface area (Å²) in [6, 6.07) is 20.7. The molecule has 196 valence electrons. The van der Waals surface area contributed by atoms with Crippen LogP contribution >= 0.6 is 23.2 Å². The van der Waals surface area contributed by atoms with E-state index in [0.717, 1.165) is 24.2 Å². The Morgan fingerprint density at radius 3 is 2.57 bits per heavy atom. The minimum atomic E-state index is -1.15. The van der Waals surface area contributed by atoms with Gasteiger partial charge in [-0.3, -0.25) is 9.69 Å². The monoisotopic (exact) mass is 540 g/mol. The number of nitrogens with two attached hydrogens (primary N) is 1. The summed E-state index contributed by atoms with van der Waals surface area (Å²) in [5.74, 6) is -0.128. The Morgan fingerprint density at radius 1 is 1.11 bits per heavy atom. The zero-order chi connectivity index (χ0) is 26.6. The van der Waals surface area contributed by atoms with Crippen molar-refractivity contribution in [3.8, 4) is 0 Å². The molecule has 8 heteroatoms. The van der Waals surface area contributed by atoms with E-state index in [1.54, 1.807) is 25.1 Å². The molecule has 3 aromatic rings. The van der Waals surface area contributed by atoms with Crippen molar-refractivity contribution in [3.63, 3.8) is 0 Å². The molecule has 4 rings (SSSR count). The lowest BCUT2D eigenvalue weighted by molar-refractivity contribution is 0.0103. The summed E-state index contributed by atoms with van der Waals surface area (Å²) in [6.07, 6.45) is 0.867. The number of nitrogen functional groups attached to an aromatic ring is 1. The molecular formula is C29H34Cl2N4O2. The molecular weight excluding hydrogens is 507 g/mol. The number of carbonyl (C=O) groups is 1. The van der Waals surface area contributed by atoms with E-state index >= 15 is 0 Å². The maximum Gasteiger partial charge on any atom is 0.251 e. The molecule has 2 atom stereocenters. The fourth-order valence-electron chi connectivity index (χ4n) is 4.86. The lowest BCUT2D eigenvalue weighted by Gasteiger charge is -2.45. The molecule has 1 aliphatic rings. The topological polar surface area (TPSA) is 81.8 Å². The SMILES string of the molecule is CCCNC(=O)c1cccc([C@](C)(O)CN2CCN(c3ccc(N)cc3Cl)[C@H](c3ccc(Cl)cc3)C2)c1. The largest absolute Gasteiger partial charge is 0.399 e. The Balaban J connectivity index is 1.57. The fraction of sp³-hybridized carbons (Fsp3) is 0.345. The van der Waals surface area contributed by atoms with Crippen molar-refractivity contribution in [2.45, 2.75) is 31.9 Å². The molecule has 1 amide bonds. The Labute approximate surface area is 229 Å². The molecule has 0 aromatic heterocycles. The third-order valence-corrected chi connectivity index (χ3v) is 7.37. The quantitative estimate of drug-likeness (QED) is 0.329. The molecule has 1 fully saturated rings. The van der Waals surface area contributed by atoms with E-state index in [-0.39, 0.29) is 11.9 Å². The van der Waals surface area contributed by atoms with Gasteiger partial charge in [0.25, 0.3) is 5.91 Å². The minimum Gasteiger partial charge on any atom is -0.399 e. The Morgan fingerprint density at radius 2 is 1.86 bits per heavy atom. The summed E-state index contributed by atoms with van der Waals surface area (Å²) in [7, 11) is 0. The maximum atomic E-state index is 12.5. The lowest BCUT2D eigenvalue weighted by Crippen LogP contribution is -2.52. The highest BCUT2D eigenvalue weighted by Gasteiger charge is 2.34. The molecule has 1 saturated heterocycles. The van der Waals surface area contributed by atoms with Gasteiger partial charge in [0.15, 0.2) is 0 Å². The maximum absolute atomic E-state index is 12.5. The Kier molecular flexibility index (Phi) is 8.65. The second-order valence-corrected chi connectivity index (χ2v) is 10.7. The zero-order valence-electron chi connectivity index (χ0n) is 21.3. The highest BCUT2D eigenvalue weighted by atomic mass is 35.5. The van der Waals surface area contributed by atoms with Gasteiger partial charge in [-0.15, -0.1) is 0 Å². The number of β-amino-alcohol motifs (C(OH)–C–C–N with tert-alkyl or cyclic N) is 1. The summed E-state index contributed by atoms with van der Waals surface area (Å²) in [5, 5.41) is 15.7. The summed E-state index contributed by atoms with van der Waals surface area (Å²) in [6.45, 7) is 6.98. The van der Waals surface area contributed by atoms with Crippen LogP contribution in [0.4, 0.5) is 11.4 Å². The first-order valence-electron chi connectivity index (χ1n) is 12.6. The van der Waals surface area contributed by atoms with Gasteiger partial charge < -0.3 is 21.1 Å². The third-order valence-electron chi connectivity index (χ3n) is 6.81. The number of rotatable bonds is 8. The van der Waals surface area contributed by atoms with Crippen LogP contribution in [0.2, 0.25) is 10.0 Å². The van der Waals surface area contributed by atoms with Gasteiger partial charge >= 0.3 is 0 Å². The van der Waals surface area contributed by atoms with Crippen molar-refractivity contribution < 1.29 is 9.90 Å². The highest BCUT2D eigenvalue weighted by molar-refractivity contribution is 6.33. The number of halogens is 2. The number of nitrogens with one attached hydrogen (secondary N) is 1. The number of amides is 1. The number of nitrogens with zero attached hydrogens (tertiary/aromatic N) is 2. The Hall–Kier alpha value is -2.77. The predicted molar refractivity (Wildman–Crippen MR) is 152 cm³/mol. The third kappa shape index (κ3) is 6.57. The number of hydrogen-bond acceptors (Lipinski definition) is 5. The van der Waals surface area contributed by atoms with Crippen LogP contribution in [0.5, 0.6) is 0 Å². The van der Waals surface area contributed by atoms with E-state index in [9.17, 15) is 9.90 Å². The average molecular weight is 542 g/mol. The second-order valence-electron chi connectivity index (χ2n) is 9.82. The Bertz CT molecular complexity index is 1230. The summed E-state index contributed by atoms with van der Waals surface area (Å²) >= 11 is 12.8. The van der Waals surface area contributed by atoms with Crippen LogP contribution in [0.25, 0.3) is 0 Å². The van der Waals surface area contributed by atoms with Crippen LogP contribution < -0.4 is 16.0 Å². The van der Waals surface area contributed by atoms with Crippen LogP contribution in [-0.2, 0) is 5.60 Å². The summed E-state index contributed by atoms with van der Waals surface area (Å²) < 4.78 is 0. The fourth-order valence-corrected chi connectivity index (χ4v) is 5.28. The molecule has 6 nitrogen and oxygen atoms in total. The van der Waals surface area contributed by atoms with Crippen molar-refractivity contribution in [2.24, 2.45) is 0 Å². The molecule has 3 aromatic carbocycles. The van der Waals surface area contributed by atoms with E-state index in [1.807, 2.05) is 55.5 Å². The van der Waals surface area contributed by atoms with E-state index in [4.69, 9.17) is 28.9 Å². The normalized spacial score (nSPS) is 17.9. The van der Waals surface area contributed by atoms with Crippen LogP contribution in [0.1, 0.15) is 47.8 Å². The van der Waals surface area contributed by atoms with Crippen molar-refractivity contribution in [1.29, 1.82) is 0 Å². The number of benzene rings is 3. The molecule has 37 heavy (non-hydrogen) atoms. The van der Waals surface area contributed by atoms with Crippen molar-refractivity contribution in [2.75, 3.05) is 43.4 Å². The van der Waals surface area contributed by atoms with Crippen LogP contribution in [0.15, 0.2) is 66.7 Å². The van der Waals surface area contributed by atoms with Gasteiger partial charge in [0.1, 0.15) is 0 Å². The van der Waals surface area contributed by atoms with Gasteiger partial charge in [0, 0.05) is 49.0 Å². The zero-order valence-corrected chi connectivity index (χ0v) is 22.8. The van der Waals surface area contributed by atoms with Crippen LogP contribution in [0, 0.1) is 0 Å². The van der Waals surface area contributed by atoms with Gasteiger partial charge in [-0.25, -0.2) is 0 Å². The molecule has 4 N–H and O–H groups in total. The molecule has 0 bridgehead atoms. The van der Waals surface area contributed by atoms with Gasteiger partial charge in [-0.05, 0) is 66.9 Å². The first-order chi connectivity index (χ1) is 17.7. The number of anilines is 2. The number of carbonyl (C=O) groups excluding carboxylic acids is 1. The summed E-state index contributed by atoms with van der Waals surface area (Å²) in [5.41, 5.74) is 8.71. The molecule has 0 spiro atoms. The van der Waals surface area contributed by atoms with Gasteiger partial charge in [0.2, 0.25) is 0 Å². The second kappa shape index (κ2) is 11.7. The standard InChI is InChI=1S/C29H34Cl2N4O2/c1-3-13-33-28(36)21-5-4-6-22(16-21)29(2,37)19-34-14-15-35(26-12-11-24(32)17-25(26)31)27(18-34)20-7-9-23(30)10-8-20/h4-12,16-17,27,37H,3,13-15,18-19,32H2,1-2H3,(H,33,36)/t27-,29+/m0/s1. The number of aliphatic hydroxyl groups is 1. The highest BCUT2D eigenvalue weighted by Crippen LogP contribution is 2.37. The lowest BCUT2D eigenvalue weighted by atomic mass is 9.92. The molecule has 0 saturated carbocycles. The predicted octanol–water partition coefficient (Wildman–Crippen LogP) is 5.49. The minimum absolute atomic E-state index is 0.00547. The molecule has 0 aliphatic carbocycles. The van der Waals surface area contributed by atoms with Gasteiger partial charge in [0.05, 0.1) is 22.4 Å². The first-order valence-corrected chi connectivity index (χ1v) is 13.3. The molecule has 0 unspecified atom stereocenters. The van der Waals surface area contributed by atoms with Crippen LogP contribution in [0.3, 0.4) is 0 Å². The van der Waals surface area contributed by atoms with Crippen molar-refractivity contribution in [1.82, 2.24) is 10.2 Å². The number of piperazine rings is 1. The van der Waals surface area contributed by atoms with Crippen molar-refractivity contribution in [3.05, 3.63) is 93.5 Å². The van der Waals surface area contributed by atoms with E-state index in [0.29, 0.717) is 53.0 Å². The van der Waals surface area contributed by atoms with Gasteiger partial charge in [-0.1, -0.05) is 54.4 Å². The smallest absolute Gasteiger partial charge is 0.251 e. The van der Waals surface area contributed by atoms with E-state index in [1.165, 1.54) is 0 Å². The molecule has 1 heterocycles. The van der Waals surface area contributed by atoms with Gasteiger partial charge in [-0.2, -0.15) is 0 Å². The average Bonchev–Trinajstić information content (AvgIpc) is 2.88. The van der Waals surface area contributed by atoms with E-state index in [2.05, 4.69) is 15.1 Å². The summed E-state index contributed by atoms with van der Waals surface area (Å²) in [4.78, 5) is 17.0. The van der Waals surface area contributed by atoms with E-state index < -0.39 is 5.60 Å². The van der Waals surface area contributed by atoms with Crippen LogP contribution in [-0.4, -0.2) is 48.6 Å². The van der Waals surface area contributed by atoms with Crippen molar-refractivity contribution >= 4 is 40.5 Å². The molecule has 0 radical (unpaired) electrons. The number of hydrogen-bond donors (Lipinski definition) is 3. The molecule has 1 aliphatic heterocycles.